The van der Waals surface area contributed by atoms with Crippen molar-refractivity contribution in [1.82, 2.24) is 29.8 Å². The van der Waals surface area contributed by atoms with E-state index in [1.807, 2.05) is 36.1 Å². The highest BCUT2D eigenvalue weighted by Gasteiger charge is 2.24. The van der Waals surface area contributed by atoms with Crippen LogP contribution in [0.15, 0.2) is 48.9 Å². The smallest absolute Gasteiger partial charge is 0.151 e. The topological polar surface area (TPSA) is 64.7 Å². The van der Waals surface area contributed by atoms with Gasteiger partial charge in [0.15, 0.2) is 5.82 Å². The van der Waals surface area contributed by atoms with E-state index in [1.54, 1.807) is 23.1 Å². The van der Waals surface area contributed by atoms with Gasteiger partial charge in [-0.3, -0.25) is 9.36 Å². The summed E-state index contributed by atoms with van der Waals surface area (Å²) in [6, 6.07) is 9.40. The van der Waals surface area contributed by atoms with Crippen LogP contribution in [0.25, 0.3) is 22.2 Å². The van der Waals surface area contributed by atoms with E-state index in [-0.39, 0.29) is 11.9 Å². The number of hydrogen-bond acceptors (Lipinski definition) is 5. The Kier molecular flexibility index (Phi) is 4.03. The van der Waals surface area contributed by atoms with Gasteiger partial charge >= 0.3 is 0 Å². The fourth-order valence-electron chi connectivity index (χ4n) is 3.87. The molecular weight excluding hydrogens is 357 g/mol. The molecule has 0 saturated carbocycles. The molecule has 0 aliphatic carbocycles. The molecule has 0 radical (unpaired) electrons. The summed E-state index contributed by atoms with van der Waals surface area (Å²) in [6.07, 6.45) is 7.19. The van der Waals surface area contributed by atoms with E-state index in [4.69, 9.17) is 0 Å². The van der Waals surface area contributed by atoms with E-state index in [9.17, 15) is 4.39 Å². The summed E-state index contributed by atoms with van der Waals surface area (Å²) in [6.45, 7) is 1.73. The normalized spacial score (nSPS) is 15.4. The maximum Gasteiger partial charge on any atom is 0.151 e. The van der Waals surface area contributed by atoms with Crippen molar-refractivity contribution in [3.05, 3.63) is 54.7 Å². The highest BCUT2D eigenvalue weighted by atomic mass is 19.1. The van der Waals surface area contributed by atoms with Crippen LogP contribution in [0.2, 0.25) is 0 Å². The molecule has 28 heavy (non-hydrogen) atoms. The van der Waals surface area contributed by atoms with Crippen LogP contribution in [0.3, 0.4) is 0 Å². The van der Waals surface area contributed by atoms with Gasteiger partial charge in [0.2, 0.25) is 0 Å². The van der Waals surface area contributed by atoms with Crippen molar-refractivity contribution in [3.8, 4) is 11.3 Å². The second-order valence-corrected chi connectivity index (χ2v) is 7.16. The van der Waals surface area contributed by atoms with Crippen molar-refractivity contribution in [2.75, 3.05) is 18.0 Å². The molecule has 142 valence electrons. The average molecular weight is 377 g/mol. The first-order valence-electron chi connectivity index (χ1n) is 9.38. The molecule has 1 fully saturated rings. The molecule has 5 rings (SSSR count). The number of nitrogens with zero attached hydrogens (tertiary/aromatic N) is 7. The predicted octanol–water partition coefficient (Wildman–Crippen LogP) is 3.21. The number of aromatic nitrogens is 6. The summed E-state index contributed by atoms with van der Waals surface area (Å²) in [7, 11) is 1.88. The summed E-state index contributed by atoms with van der Waals surface area (Å²) < 4.78 is 17.6. The Morgan fingerprint density at radius 1 is 1.00 bits per heavy atom. The predicted molar refractivity (Wildman–Crippen MR) is 104 cm³/mol. The minimum Gasteiger partial charge on any atom is -0.355 e. The summed E-state index contributed by atoms with van der Waals surface area (Å²) in [5.74, 6) is 0.660. The number of aryl methyl sites for hydroxylation is 1. The number of halogens is 1. The summed E-state index contributed by atoms with van der Waals surface area (Å²) >= 11 is 0. The van der Waals surface area contributed by atoms with Crippen LogP contribution >= 0.6 is 0 Å². The first-order valence-corrected chi connectivity index (χ1v) is 9.38. The van der Waals surface area contributed by atoms with Gasteiger partial charge in [-0.25, -0.2) is 4.39 Å². The first-order chi connectivity index (χ1) is 13.7. The van der Waals surface area contributed by atoms with Crippen LogP contribution in [0.4, 0.5) is 10.2 Å². The number of piperidine rings is 1. The van der Waals surface area contributed by atoms with E-state index in [2.05, 4.69) is 25.3 Å². The van der Waals surface area contributed by atoms with Crippen molar-refractivity contribution in [3.63, 3.8) is 0 Å². The monoisotopic (exact) mass is 377 g/mol. The Balaban J connectivity index is 1.29. The lowest BCUT2D eigenvalue weighted by Crippen LogP contribution is -2.35. The van der Waals surface area contributed by atoms with E-state index < -0.39 is 0 Å². The van der Waals surface area contributed by atoms with Crippen LogP contribution in [-0.4, -0.2) is 42.8 Å². The summed E-state index contributed by atoms with van der Waals surface area (Å²) in [4.78, 5) is 2.24. The fourth-order valence-corrected chi connectivity index (χ4v) is 3.87. The number of benzene rings is 1. The quantitative estimate of drug-likeness (QED) is 0.549. The molecule has 0 atom stereocenters. The molecule has 1 saturated heterocycles. The zero-order valence-electron chi connectivity index (χ0n) is 15.5. The molecule has 8 heteroatoms. The zero-order chi connectivity index (χ0) is 19.1. The number of hydrogen-bond donors (Lipinski definition) is 0. The largest absolute Gasteiger partial charge is 0.355 e. The van der Waals surface area contributed by atoms with Crippen LogP contribution in [-0.2, 0) is 7.05 Å². The number of fused-ring (bicyclic) bond motifs is 1. The molecule has 0 spiro atoms. The Hall–Kier alpha value is -3.29. The fraction of sp³-hybridized carbons (Fsp3) is 0.300. The van der Waals surface area contributed by atoms with Crippen molar-refractivity contribution in [2.24, 2.45) is 7.05 Å². The van der Waals surface area contributed by atoms with Crippen molar-refractivity contribution in [1.29, 1.82) is 0 Å². The highest BCUT2D eigenvalue weighted by Crippen LogP contribution is 2.29. The van der Waals surface area contributed by atoms with Crippen LogP contribution in [0.5, 0.6) is 0 Å². The van der Waals surface area contributed by atoms with Gasteiger partial charge in [0, 0.05) is 31.9 Å². The van der Waals surface area contributed by atoms with Gasteiger partial charge in [-0.2, -0.15) is 10.2 Å². The molecule has 7 nitrogen and oxygen atoms in total. The molecule has 0 amide bonds. The van der Waals surface area contributed by atoms with Gasteiger partial charge in [0.25, 0.3) is 0 Å². The molecule has 4 aromatic rings. The SMILES string of the molecule is Cn1cc(-c2ccc(N3CCC(n4ncc5c(F)cccc54)CC3)nn2)cn1. The average Bonchev–Trinajstić information content (AvgIpc) is 3.36. The Labute approximate surface area is 161 Å². The number of rotatable bonds is 3. The van der Waals surface area contributed by atoms with Crippen molar-refractivity contribution < 1.29 is 4.39 Å². The Morgan fingerprint density at radius 2 is 1.86 bits per heavy atom. The number of anilines is 1. The van der Waals surface area contributed by atoms with Gasteiger partial charge in [0.1, 0.15) is 5.82 Å². The van der Waals surface area contributed by atoms with Crippen molar-refractivity contribution in [2.45, 2.75) is 18.9 Å². The Bertz CT molecular complexity index is 1110. The van der Waals surface area contributed by atoms with Crippen LogP contribution < -0.4 is 4.90 Å². The van der Waals surface area contributed by atoms with E-state index in [0.29, 0.717) is 5.39 Å². The molecule has 1 aliphatic heterocycles. The van der Waals surface area contributed by atoms with E-state index in [1.165, 1.54) is 6.07 Å². The molecule has 0 unspecified atom stereocenters. The molecule has 1 aliphatic rings. The Morgan fingerprint density at radius 3 is 2.57 bits per heavy atom. The summed E-state index contributed by atoms with van der Waals surface area (Å²) in [5, 5.41) is 18.0. The van der Waals surface area contributed by atoms with Crippen LogP contribution in [0, 0.1) is 5.82 Å². The van der Waals surface area contributed by atoms with Gasteiger partial charge in [-0.05, 0) is 37.1 Å². The standard InChI is InChI=1S/C20H20FN7/c1-26-13-14(11-22-26)18-5-6-20(25-24-18)27-9-7-15(8-10-27)28-19-4-2-3-17(21)16(19)12-23-28/h2-6,11-13,15H,7-10H2,1H3. The first kappa shape index (κ1) is 16.9. The van der Waals surface area contributed by atoms with Gasteiger partial charge in [0.05, 0.1) is 35.0 Å². The molecule has 1 aromatic carbocycles. The zero-order valence-corrected chi connectivity index (χ0v) is 15.5. The lowest BCUT2D eigenvalue weighted by molar-refractivity contribution is 0.375. The molecular formula is C20H20FN7. The molecule has 0 N–H and O–H groups in total. The maximum atomic E-state index is 13.9. The lowest BCUT2D eigenvalue weighted by atomic mass is 10.0. The lowest BCUT2D eigenvalue weighted by Gasteiger charge is -2.32. The second kappa shape index (κ2) is 6.70. The van der Waals surface area contributed by atoms with Gasteiger partial charge < -0.3 is 4.90 Å². The molecule has 3 aromatic heterocycles. The molecule has 4 heterocycles. The third-order valence-corrected chi connectivity index (χ3v) is 5.37. The molecule has 0 bridgehead atoms. The van der Waals surface area contributed by atoms with Gasteiger partial charge in [-0.1, -0.05) is 6.07 Å². The van der Waals surface area contributed by atoms with E-state index >= 15 is 0 Å². The van der Waals surface area contributed by atoms with Crippen molar-refractivity contribution >= 4 is 16.7 Å². The highest BCUT2D eigenvalue weighted by molar-refractivity contribution is 5.79. The minimum atomic E-state index is -0.217. The third kappa shape index (κ3) is 2.90. The third-order valence-electron chi connectivity index (χ3n) is 5.37. The van der Waals surface area contributed by atoms with E-state index in [0.717, 1.165) is 48.5 Å². The summed E-state index contributed by atoms with van der Waals surface area (Å²) in [5.41, 5.74) is 2.63. The minimum absolute atomic E-state index is 0.217. The maximum absolute atomic E-state index is 13.9. The second-order valence-electron chi connectivity index (χ2n) is 7.16. The van der Waals surface area contributed by atoms with Crippen LogP contribution in [0.1, 0.15) is 18.9 Å². The van der Waals surface area contributed by atoms with Gasteiger partial charge in [-0.15, -0.1) is 10.2 Å².